The summed E-state index contributed by atoms with van der Waals surface area (Å²) >= 11 is 12.1. The van der Waals surface area contributed by atoms with Crippen LogP contribution in [0.2, 0.25) is 10.0 Å². The summed E-state index contributed by atoms with van der Waals surface area (Å²) in [4.78, 5) is 14.7. The molecule has 0 saturated carbocycles. The Morgan fingerprint density at radius 1 is 1.20 bits per heavy atom. The standard InChI is InChI=1S/C19H21Cl2N3O/c1-12(19(25)23-18-9-14(20)7-8-16(18)21)24-10-15(17(22)11-24)13-5-3-2-4-6-13/h2-9,12,15,17H,10-11,22H2,1H3,(H,23,25)/t12?,15-,17+/m0/s1. The van der Waals surface area contributed by atoms with E-state index >= 15 is 0 Å². The number of nitrogens with zero attached hydrogens (tertiary/aromatic N) is 1. The van der Waals surface area contributed by atoms with E-state index in [0.29, 0.717) is 22.3 Å². The Kier molecular flexibility index (Phi) is 5.64. The highest BCUT2D eigenvalue weighted by Crippen LogP contribution is 2.29. The molecule has 0 spiro atoms. The summed E-state index contributed by atoms with van der Waals surface area (Å²) in [7, 11) is 0. The SMILES string of the molecule is CC(C(=O)Nc1cc(Cl)ccc1Cl)N1C[C@@H](N)[C@H](c2ccccc2)C1. The third-order valence-corrected chi connectivity index (χ3v) is 5.30. The molecule has 2 aromatic carbocycles. The molecule has 1 aliphatic heterocycles. The van der Waals surface area contributed by atoms with Crippen LogP contribution >= 0.6 is 23.2 Å². The van der Waals surface area contributed by atoms with E-state index in [-0.39, 0.29) is 23.9 Å². The number of benzene rings is 2. The molecular weight excluding hydrogens is 357 g/mol. The Hall–Kier alpha value is -1.59. The summed E-state index contributed by atoms with van der Waals surface area (Å²) in [6, 6.07) is 14.9. The number of hydrogen-bond acceptors (Lipinski definition) is 3. The number of nitrogens with one attached hydrogen (secondary N) is 1. The third kappa shape index (κ3) is 4.15. The Morgan fingerprint density at radius 2 is 1.92 bits per heavy atom. The predicted octanol–water partition coefficient (Wildman–Crippen LogP) is 3.75. The van der Waals surface area contributed by atoms with E-state index in [9.17, 15) is 4.79 Å². The molecule has 2 aromatic rings. The van der Waals surface area contributed by atoms with Crippen LogP contribution in [0.3, 0.4) is 0 Å². The number of halogens is 2. The number of carbonyl (C=O) groups is 1. The summed E-state index contributed by atoms with van der Waals surface area (Å²) in [5.41, 5.74) is 8.06. The van der Waals surface area contributed by atoms with Crippen LogP contribution < -0.4 is 11.1 Å². The summed E-state index contributed by atoms with van der Waals surface area (Å²) in [5.74, 6) is 0.108. The molecule has 3 N–H and O–H groups in total. The minimum atomic E-state index is -0.310. The Labute approximate surface area is 157 Å². The van der Waals surface area contributed by atoms with Gasteiger partial charge in [-0.2, -0.15) is 0 Å². The van der Waals surface area contributed by atoms with Crippen LogP contribution in [0.4, 0.5) is 5.69 Å². The second-order valence-corrected chi connectivity index (χ2v) is 7.27. The molecule has 3 rings (SSSR count). The van der Waals surface area contributed by atoms with Gasteiger partial charge in [-0.05, 0) is 30.7 Å². The van der Waals surface area contributed by atoms with Gasteiger partial charge in [-0.15, -0.1) is 0 Å². The first-order valence-corrected chi connectivity index (χ1v) is 9.02. The molecule has 0 bridgehead atoms. The number of anilines is 1. The minimum absolute atomic E-state index is 0.00686. The highest BCUT2D eigenvalue weighted by molar-refractivity contribution is 6.35. The van der Waals surface area contributed by atoms with Crippen LogP contribution in [0.25, 0.3) is 0 Å². The van der Waals surface area contributed by atoms with E-state index in [4.69, 9.17) is 28.9 Å². The van der Waals surface area contributed by atoms with Crippen LogP contribution in [0.15, 0.2) is 48.5 Å². The lowest BCUT2D eigenvalue weighted by molar-refractivity contribution is -0.120. The molecular formula is C19H21Cl2N3O. The molecule has 3 atom stereocenters. The molecule has 25 heavy (non-hydrogen) atoms. The molecule has 1 unspecified atom stereocenters. The highest BCUT2D eigenvalue weighted by Gasteiger charge is 2.35. The smallest absolute Gasteiger partial charge is 0.241 e. The number of carbonyl (C=O) groups excluding carboxylic acids is 1. The Bertz CT molecular complexity index is 754. The lowest BCUT2D eigenvalue weighted by atomic mass is 9.95. The maximum atomic E-state index is 12.6. The molecule has 0 aliphatic carbocycles. The van der Waals surface area contributed by atoms with Crippen molar-refractivity contribution in [2.75, 3.05) is 18.4 Å². The van der Waals surface area contributed by atoms with Crippen molar-refractivity contribution in [2.45, 2.75) is 24.9 Å². The number of amides is 1. The first kappa shape index (κ1) is 18.2. The van der Waals surface area contributed by atoms with Gasteiger partial charge in [-0.3, -0.25) is 9.69 Å². The van der Waals surface area contributed by atoms with Crippen LogP contribution in [-0.4, -0.2) is 36.0 Å². The van der Waals surface area contributed by atoms with Crippen molar-refractivity contribution in [1.29, 1.82) is 0 Å². The minimum Gasteiger partial charge on any atom is -0.326 e. The van der Waals surface area contributed by atoms with E-state index in [1.807, 2.05) is 25.1 Å². The normalized spacial score (nSPS) is 21.9. The van der Waals surface area contributed by atoms with Crippen molar-refractivity contribution in [3.05, 3.63) is 64.1 Å². The zero-order valence-corrected chi connectivity index (χ0v) is 15.5. The molecule has 1 amide bonds. The molecule has 6 heteroatoms. The topological polar surface area (TPSA) is 58.4 Å². The van der Waals surface area contributed by atoms with Gasteiger partial charge in [0.05, 0.1) is 16.8 Å². The maximum Gasteiger partial charge on any atom is 0.241 e. The van der Waals surface area contributed by atoms with E-state index in [2.05, 4.69) is 22.3 Å². The van der Waals surface area contributed by atoms with Gasteiger partial charge in [-0.25, -0.2) is 0 Å². The Balaban J connectivity index is 1.68. The van der Waals surface area contributed by atoms with Crippen LogP contribution in [-0.2, 0) is 4.79 Å². The molecule has 0 aromatic heterocycles. The van der Waals surface area contributed by atoms with Crippen molar-refractivity contribution < 1.29 is 4.79 Å². The van der Waals surface area contributed by atoms with Crippen molar-refractivity contribution in [3.8, 4) is 0 Å². The summed E-state index contributed by atoms with van der Waals surface area (Å²) in [6.07, 6.45) is 0. The monoisotopic (exact) mass is 377 g/mol. The zero-order chi connectivity index (χ0) is 18.0. The van der Waals surface area contributed by atoms with Crippen molar-refractivity contribution in [2.24, 2.45) is 5.73 Å². The molecule has 132 valence electrons. The highest BCUT2D eigenvalue weighted by atomic mass is 35.5. The van der Waals surface area contributed by atoms with Gasteiger partial charge in [-0.1, -0.05) is 53.5 Å². The largest absolute Gasteiger partial charge is 0.326 e. The van der Waals surface area contributed by atoms with Gasteiger partial charge in [0.2, 0.25) is 5.91 Å². The fraction of sp³-hybridized carbons (Fsp3) is 0.316. The van der Waals surface area contributed by atoms with Gasteiger partial charge in [0.15, 0.2) is 0 Å². The second-order valence-electron chi connectivity index (χ2n) is 6.42. The van der Waals surface area contributed by atoms with Crippen LogP contribution in [0, 0.1) is 0 Å². The quantitative estimate of drug-likeness (QED) is 0.852. The molecule has 1 heterocycles. The molecule has 4 nitrogen and oxygen atoms in total. The van der Waals surface area contributed by atoms with E-state index < -0.39 is 0 Å². The number of hydrogen-bond donors (Lipinski definition) is 2. The van der Waals surface area contributed by atoms with Crippen LogP contribution in [0.5, 0.6) is 0 Å². The van der Waals surface area contributed by atoms with Gasteiger partial charge >= 0.3 is 0 Å². The van der Waals surface area contributed by atoms with Crippen LogP contribution in [0.1, 0.15) is 18.4 Å². The average Bonchev–Trinajstić information content (AvgIpc) is 3.00. The van der Waals surface area contributed by atoms with E-state index in [1.165, 1.54) is 5.56 Å². The lowest BCUT2D eigenvalue weighted by Gasteiger charge is -2.23. The molecule has 1 fully saturated rings. The van der Waals surface area contributed by atoms with E-state index in [1.54, 1.807) is 18.2 Å². The molecule has 1 aliphatic rings. The van der Waals surface area contributed by atoms with Crippen molar-refractivity contribution >= 4 is 34.8 Å². The third-order valence-electron chi connectivity index (χ3n) is 4.73. The van der Waals surface area contributed by atoms with Gasteiger partial charge < -0.3 is 11.1 Å². The van der Waals surface area contributed by atoms with E-state index in [0.717, 1.165) is 6.54 Å². The zero-order valence-electron chi connectivity index (χ0n) is 14.0. The van der Waals surface area contributed by atoms with Gasteiger partial charge in [0.25, 0.3) is 0 Å². The van der Waals surface area contributed by atoms with Gasteiger partial charge in [0.1, 0.15) is 0 Å². The Morgan fingerprint density at radius 3 is 2.64 bits per heavy atom. The average molecular weight is 378 g/mol. The number of rotatable bonds is 4. The number of likely N-dealkylation sites (tertiary alicyclic amines) is 1. The fourth-order valence-corrected chi connectivity index (χ4v) is 3.56. The first-order chi connectivity index (χ1) is 12.0. The summed E-state index contributed by atoms with van der Waals surface area (Å²) in [5, 5.41) is 3.85. The molecule has 1 saturated heterocycles. The fourth-order valence-electron chi connectivity index (χ4n) is 3.23. The van der Waals surface area contributed by atoms with Gasteiger partial charge in [0, 0.05) is 30.1 Å². The number of nitrogens with two attached hydrogens (primary N) is 1. The van der Waals surface area contributed by atoms with Crippen molar-refractivity contribution in [3.63, 3.8) is 0 Å². The summed E-state index contributed by atoms with van der Waals surface area (Å²) < 4.78 is 0. The first-order valence-electron chi connectivity index (χ1n) is 8.26. The lowest BCUT2D eigenvalue weighted by Crippen LogP contribution is -2.41. The summed E-state index contributed by atoms with van der Waals surface area (Å²) in [6.45, 7) is 3.31. The maximum absolute atomic E-state index is 12.6. The predicted molar refractivity (Wildman–Crippen MR) is 103 cm³/mol. The van der Waals surface area contributed by atoms with Crippen molar-refractivity contribution in [1.82, 2.24) is 4.90 Å². The second kappa shape index (κ2) is 7.75. The molecule has 0 radical (unpaired) electrons.